The number of sulfonamides is 1. The minimum atomic E-state index is -3.22. The van der Waals surface area contributed by atoms with Crippen LogP contribution in [0, 0.1) is 6.92 Å². The van der Waals surface area contributed by atoms with Gasteiger partial charge in [-0.1, -0.05) is 0 Å². The number of nitrogens with zero attached hydrogens (tertiary/aromatic N) is 2. The number of carbonyl (C=O) groups is 1. The molecule has 1 N–H and O–H groups in total. The Balaban J connectivity index is 1.50. The highest BCUT2D eigenvalue weighted by atomic mass is 32.2. The fourth-order valence-corrected chi connectivity index (χ4v) is 5.04. The van der Waals surface area contributed by atoms with Gasteiger partial charge >= 0.3 is 0 Å². The summed E-state index contributed by atoms with van der Waals surface area (Å²) < 4.78 is 27.7. The van der Waals surface area contributed by atoms with Crippen molar-refractivity contribution in [3.8, 4) is 5.69 Å². The predicted octanol–water partition coefficient (Wildman–Crippen LogP) is 3.58. The first-order valence-corrected chi connectivity index (χ1v) is 10.7. The van der Waals surface area contributed by atoms with Crippen LogP contribution in [0.4, 0.5) is 11.4 Å². The van der Waals surface area contributed by atoms with E-state index in [0.717, 1.165) is 11.3 Å². The van der Waals surface area contributed by atoms with Gasteiger partial charge in [-0.25, -0.2) is 8.42 Å². The number of carbonyl (C=O) groups excluding carboxylic acids is 1. The minimum absolute atomic E-state index is 0.184. The Morgan fingerprint density at radius 3 is 2.36 bits per heavy atom. The van der Waals surface area contributed by atoms with Crippen molar-refractivity contribution < 1.29 is 13.2 Å². The van der Waals surface area contributed by atoms with Crippen molar-refractivity contribution in [2.45, 2.75) is 13.3 Å². The first-order chi connectivity index (χ1) is 13.4. The van der Waals surface area contributed by atoms with Crippen LogP contribution >= 0.6 is 0 Å². The van der Waals surface area contributed by atoms with Crippen molar-refractivity contribution in [3.63, 3.8) is 0 Å². The van der Waals surface area contributed by atoms with Gasteiger partial charge in [0.05, 0.1) is 11.4 Å². The molecule has 0 atom stereocenters. The number of aromatic nitrogens is 1. The lowest BCUT2D eigenvalue weighted by Gasteiger charge is -2.20. The van der Waals surface area contributed by atoms with E-state index in [2.05, 4.69) is 5.32 Å². The van der Waals surface area contributed by atoms with E-state index in [4.69, 9.17) is 0 Å². The molecule has 4 rings (SSSR count). The average Bonchev–Trinajstić information content (AvgIpc) is 3.32. The van der Waals surface area contributed by atoms with Crippen molar-refractivity contribution in [2.24, 2.45) is 0 Å². The van der Waals surface area contributed by atoms with Crippen molar-refractivity contribution in [1.29, 1.82) is 0 Å². The highest BCUT2D eigenvalue weighted by Gasteiger charge is 2.29. The van der Waals surface area contributed by atoms with E-state index < -0.39 is 10.0 Å². The normalized spacial score (nSPS) is 15.5. The number of nitrogens with one attached hydrogen (secondary N) is 1. The van der Waals surface area contributed by atoms with Gasteiger partial charge < -0.3 is 9.88 Å². The zero-order chi connectivity index (χ0) is 19.7. The summed E-state index contributed by atoms with van der Waals surface area (Å²) in [6, 6.07) is 16.5. The molecule has 144 valence electrons. The molecule has 7 heteroatoms. The standard InChI is InChI=1S/C21H21N3O3S/c1-16-15-18(7-10-20(16)24-13-4-14-28(24,26)27)22-21(25)17-5-8-19(9-6-17)23-11-2-3-12-23/h2-3,5-12,15H,4,13-14H2,1H3,(H,22,25). The van der Waals surface area contributed by atoms with Crippen LogP contribution in [0.15, 0.2) is 67.0 Å². The second-order valence-electron chi connectivity index (χ2n) is 6.83. The van der Waals surface area contributed by atoms with Crippen molar-refractivity contribution in [3.05, 3.63) is 78.1 Å². The summed E-state index contributed by atoms with van der Waals surface area (Å²) in [6.45, 7) is 2.35. The second-order valence-corrected chi connectivity index (χ2v) is 8.85. The van der Waals surface area contributed by atoms with Crippen LogP contribution in [-0.2, 0) is 10.0 Å². The fourth-order valence-electron chi connectivity index (χ4n) is 3.42. The van der Waals surface area contributed by atoms with E-state index in [1.807, 2.05) is 48.1 Å². The molecule has 6 nitrogen and oxygen atoms in total. The maximum absolute atomic E-state index is 12.5. The molecule has 0 unspecified atom stereocenters. The van der Waals surface area contributed by atoms with Crippen molar-refractivity contribution >= 4 is 27.3 Å². The highest BCUT2D eigenvalue weighted by Crippen LogP contribution is 2.29. The van der Waals surface area contributed by atoms with Gasteiger partial charge in [-0.3, -0.25) is 9.10 Å². The van der Waals surface area contributed by atoms with E-state index in [1.165, 1.54) is 4.31 Å². The van der Waals surface area contributed by atoms with E-state index in [9.17, 15) is 13.2 Å². The molecular formula is C21H21N3O3S. The third kappa shape index (κ3) is 3.53. The Hall–Kier alpha value is -3.06. The first-order valence-electron chi connectivity index (χ1n) is 9.10. The molecule has 1 aliphatic rings. The lowest BCUT2D eigenvalue weighted by Crippen LogP contribution is -2.25. The van der Waals surface area contributed by atoms with Crippen LogP contribution in [0.3, 0.4) is 0 Å². The Bertz CT molecular complexity index is 1100. The number of hydrogen-bond acceptors (Lipinski definition) is 3. The largest absolute Gasteiger partial charge is 0.324 e. The summed E-state index contributed by atoms with van der Waals surface area (Å²) in [5.74, 6) is -0.0239. The highest BCUT2D eigenvalue weighted by molar-refractivity contribution is 7.93. The van der Waals surface area contributed by atoms with Crippen LogP contribution < -0.4 is 9.62 Å². The molecule has 0 bridgehead atoms. The Morgan fingerprint density at radius 1 is 1.04 bits per heavy atom. The van der Waals surface area contributed by atoms with E-state index in [1.54, 1.807) is 30.3 Å². The number of benzene rings is 2. The van der Waals surface area contributed by atoms with E-state index in [-0.39, 0.29) is 11.7 Å². The van der Waals surface area contributed by atoms with Crippen LogP contribution in [0.2, 0.25) is 0 Å². The lowest BCUT2D eigenvalue weighted by molar-refractivity contribution is 0.102. The van der Waals surface area contributed by atoms with Gasteiger partial charge in [0, 0.05) is 35.9 Å². The minimum Gasteiger partial charge on any atom is -0.324 e. The maximum atomic E-state index is 12.5. The molecule has 0 saturated carbocycles. The van der Waals surface area contributed by atoms with Crippen LogP contribution in [0.5, 0.6) is 0 Å². The predicted molar refractivity (Wildman–Crippen MR) is 111 cm³/mol. The van der Waals surface area contributed by atoms with Gasteiger partial charge in [0.15, 0.2) is 0 Å². The zero-order valence-corrected chi connectivity index (χ0v) is 16.3. The number of hydrogen-bond donors (Lipinski definition) is 1. The van der Waals surface area contributed by atoms with Gasteiger partial charge in [-0.15, -0.1) is 0 Å². The van der Waals surface area contributed by atoms with Crippen molar-refractivity contribution in [2.75, 3.05) is 21.9 Å². The number of rotatable bonds is 4. The quantitative estimate of drug-likeness (QED) is 0.734. The molecule has 28 heavy (non-hydrogen) atoms. The average molecular weight is 395 g/mol. The molecule has 2 aromatic carbocycles. The van der Waals surface area contributed by atoms with Gasteiger partial charge in [0.1, 0.15) is 0 Å². The van der Waals surface area contributed by atoms with E-state index in [0.29, 0.717) is 29.9 Å². The molecule has 0 radical (unpaired) electrons. The van der Waals surface area contributed by atoms with E-state index >= 15 is 0 Å². The third-order valence-electron chi connectivity index (χ3n) is 4.85. The molecule has 0 aliphatic carbocycles. The molecule has 1 saturated heterocycles. The monoisotopic (exact) mass is 395 g/mol. The zero-order valence-electron chi connectivity index (χ0n) is 15.5. The van der Waals surface area contributed by atoms with Gasteiger partial charge in [0.25, 0.3) is 5.91 Å². The van der Waals surface area contributed by atoms with Gasteiger partial charge in [-0.05, 0) is 73.5 Å². The van der Waals surface area contributed by atoms with Gasteiger partial charge in [0.2, 0.25) is 10.0 Å². The molecule has 1 aliphatic heterocycles. The summed E-state index contributed by atoms with van der Waals surface area (Å²) in [6.07, 6.45) is 4.53. The topological polar surface area (TPSA) is 71.4 Å². The molecular weight excluding hydrogens is 374 g/mol. The number of anilines is 2. The SMILES string of the molecule is Cc1cc(NC(=O)c2ccc(-n3cccc3)cc2)ccc1N1CCCS1(=O)=O. The number of amides is 1. The Labute approximate surface area is 164 Å². The smallest absolute Gasteiger partial charge is 0.255 e. The van der Waals surface area contributed by atoms with Crippen LogP contribution in [-0.4, -0.2) is 31.2 Å². The summed E-state index contributed by atoms with van der Waals surface area (Å²) in [5, 5.41) is 2.88. The maximum Gasteiger partial charge on any atom is 0.255 e. The molecule has 2 heterocycles. The fraction of sp³-hybridized carbons (Fsp3) is 0.190. The first kappa shape index (κ1) is 18.3. The Morgan fingerprint density at radius 2 is 1.75 bits per heavy atom. The van der Waals surface area contributed by atoms with Crippen LogP contribution in [0.1, 0.15) is 22.3 Å². The Kier molecular flexibility index (Phi) is 4.68. The summed E-state index contributed by atoms with van der Waals surface area (Å²) >= 11 is 0. The molecule has 0 spiro atoms. The van der Waals surface area contributed by atoms with Gasteiger partial charge in [-0.2, -0.15) is 0 Å². The summed E-state index contributed by atoms with van der Waals surface area (Å²) in [7, 11) is -3.22. The molecule has 1 fully saturated rings. The van der Waals surface area contributed by atoms with Crippen LogP contribution in [0.25, 0.3) is 5.69 Å². The molecule has 1 aromatic heterocycles. The summed E-state index contributed by atoms with van der Waals surface area (Å²) in [4.78, 5) is 12.5. The molecule has 1 amide bonds. The lowest BCUT2D eigenvalue weighted by atomic mass is 10.1. The number of aryl methyl sites for hydroxylation is 1. The molecule has 3 aromatic rings. The third-order valence-corrected chi connectivity index (χ3v) is 6.71. The van der Waals surface area contributed by atoms with Crippen molar-refractivity contribution in [1.82, 2.24) is 4.57 Å². The summed E-state index contributed by atoms with van der Waals surface area (Å²) in [5.41, 5.74) is 3.66. The second kappa shape index (κ2) is 7.16.